The molecule has 1 amide bonds. The molecule has 0 fully saturated rings. The zero-order valence-electron chi connectivity index (χ0n) is 10.7. The molecule has 0 aliphatic heterocycles. The van der Waals surface area contributed by atoms with Crippen LogP contribution in [0.15, 0.2) is 29.3 Å². The number of thiazole rings is 1. The third-order valence-electron chi connectivity index (χ3n) is 2.41. The first kappa shape index (κ1) is 14.0. The monoisotopic (exact) mass is 288 g/mol. The van der Waals surface area contributed by atoms with Crippen LogP contribution in [-0.2, 0) is 7.05 Å². The fourth-order valence-corrected chi connectivity index (χ4v) is 2.07. The standard InChI is InChI=1S/C13H12N4O2S/c1-17-6-4-9(7-11(17)18)12(19)16-13-15-8-10(20-13)3-2-5-14/h4,6-8H,5,14H2,1H3,(H,15,16,19). The number of anilines is 1. The highest BCUT2D eigenvalue weighted by molar-refractivity contribution is 7.16. The van der Waals surface area contributed by atoms with Gasteiger partial charge in [0.15, 0.2) is 5.13 Å². The molecule has 6 nitrogen and oxygen atoms in total. The van der Waals surface area contributed by atoms with Gasteiger partial charge in [-0.2, -0.15) is 0 Å². The predicted octanol–water partition coefficient (Wildman–Crippen LogP) is 0.404. The summed E-state index contributed by atoms with van der Waals surface area (Å²) in [5, 5.41) is 3.05. The van der Waals surface area contributed by atoms with Crippen LogP contribution < -0.4 is 16.6 Å². The van der Waals surface area contributed by atoms with Crippen molar-refractivity contribution in [1.82, 2.24) is 9.55 Å². The highest BCUT2D eigenvalue weighted by Gasteiger charge is 2.09. The van der Waals surface area contributed by atoms with Crippen LogP contribution in [0.5, 0.6) is 0 Å². The minimum absolute atomic E-state index is 0.244. The minimum atomic E-state index is -0.379. The molecular weight excluding hydrogens is 276 g/mol. The SMILES string of the molecule is Cn1ccc(C(=O)Nc2ncc(C#CCN)s2)cc1=O. The number of nitrogens with zero attached hydrogens (tertiary/aromatic N) is 2. The molecule has 102 valence electrons. The van der Waals surface area contributed by atoms with E-state index < -0.39 is 0 Å². The van der Waals surface area contributed by atoms with Gasteiger partial charge in [-0.1, -0.05) is 23.2 Å². The molecule has 20 heavy (non-hydrogen) atoms. The third kappa shape index (κ3) is 3.32. The van der Waals surface area contributed by atoms with Gasteiger partial charge in [0.1, 0.15) is 0 Å². The van der Waals surface area contributed by atoms with Gasteiger partial charge in [-0.05, 0) is 6.07 Å². The Morgan fingerprint density at radius 3 is 3.10 bits per heavy atom. The van der Waals surface area contributed by atoms with E-state index in [2.05, 4.69) is 22.1 Å². The number of amides is 1. The van der Waals surface area contributed by atoms with Crippen molar-refractivity contribution >= 4 is 22.4 Å². The van der Waals surface area contributed by atoms with Gasteiger partial charge in [0, 0.05) is 24.9 Å². The molecule has 0 aliphatic carbocycles. The summed E-state index contributed by atoms with van der Waals surface area (Å²) >= 11 is 1.25. The van der Waals surface area contributed by atoms with Gasteiger partial charge in [-0.15, -0.1) is 0 Å². The molecule has 0 saturated carbocycles. The van der Waals surface area contributed by atoms with Crippen molar-refractivity contribution in [2.24, 2.45) is 12.8 Å². The molecule has 2 aromatic rings. The normalized spacial score (nSPS) is 9.70. The van der Waals surface area contributed by atoms with E-state index in [1.807, 2.05) is 0 Å². The molecule has 0 bridgehead atoms. The lowest BCUT2D eigenvalue weighted by Crippen LogP contribution is -2.19. The number of aryl methyl sites for hydroxylation is 1. The third-order valence-corrected chi connectivity index (χ3v) is 3.23. The van der Waals surface area contributed by atoms with Gasteiger partial charge < -0.3 is 10.3 Å². The molecule has 0 aromatic carbocycles. The largest absolute Gasteiger partial charge is 0.320 e. The number of hydrogen-bond acceptors (Lipinski definition) is 5. The first-order valence-corrected chi connectivity index (χ1v) is 6.54. The topological polar surface area (TPSA) is 90.0 Å². The van der Waals surface area contributed by atoms with Gasteiger partial charge in [0.2, 0.25) is 0 Å². The van der Waals surface area contributed by atoms with Crippen LogP contribution in [0, 0.1) is 11.8 Å². The van der Waals surface area contributed by atoms with Crippen molar-refractivity contribution in [3.05, 3.63) is 45.3 Å². The second-order valence-corrected chi connectivity index (χ2v) is 4.88. The highest BCUT2D eigenvalue weighted by Crippen LogP contribution is 2.17. The van der Waals surface area contributed by atoms with Crippen LogP contribution in [0.2, 0.25) is 0 Å². The smallest absolute Gasteiger partial charge is 0.257 e. The van der Waals surface area contributed by atoms with Crippen molar-refractivity contribution in [2.75, 3.05) is 11.9 Å². The maximum Gasteiger partial charge on any atom is 0.257 e. The Hall–Kier alpha value is -2.43. The number of nitrogens with one attached hydrogen (secondary N) is 1. The lowest BCUT2D eigenvalue weighted by atomic mass is 10.2. The first-order chi connectivity index (χ1) is 9.60. The van der Waals surface area contributed by atoms with E-state index >= 15 is 0 Å². The van der Waals surface area contributed by atoms with Gasteiger partial charge in [0.25, 0.3) is 11.5 Å². The molecule has 0 aliphatic rings. The summed E-state index contributed by atoms with van der Waals surface area (Å²) < 4.78 is 1.39. The summed E-state index contributed by atoms with van der Waals surface area (Å²) in [5.74, 6) is 5.16. The Bertz CT molecular complexity index is 751. The van der Waals surface area contributed by atoms with Gasteiger partial charge >= 0.3 is 0 Å². The molecule has 2 heterocycles. The fraction of sp³-hybridized carbons (Fsp3) is 0.154. The van der Waals surface area contributed by atoms with Gasteiger partial charge in [-0.25, -0.2) is 4.98 Å². The van der Waals surface area contributed by atoms with E-state index in [0.717, 1.165) is 4.88 Å². The lowest BCUT2D eigenvalue weighted by molar-refractivity contribution is 0.102. The fourth-order valence-electron chi connectivity index (χ4n) is 1.39. The molecule has 7 heteroatoms. The number of pyridine rings is 1. The molecule has 2 aromatic heterocycles. The van der Waals surface area contributed by atoms with Crippen molar-refractivity contribution in [3.8, 4) is 11.8 Å². The van der Waals surface area contributed by atoms with Gasteiger partial charge in [0.05, 0.1) is 17.6 Å². The quantitative estimate of drug-likeness (QED) is 0.783. The summed E-state index contributed by atoms with van der Waals surface area (Å²) in [5.41, 5.74) is 5.32. The number of carbonyl (C=O) groups is 1. The van der Waals surface area contributed by atoms with Crippen LogP contribution in [0.1, 0.15) is 15.2 Å². The zero-order chi connectivity index (χ0) is 14.5. The molecule has 2 rings (SSSR count). The summed E-state index contributed by atoms with van der Waals surface area (Å²) in [6.07, 6.45) is 3.10. The maximum absolute atomic E-state index is 12.0. The van der Waals surface area contributed by atoms with Gasteiger partial charge in [-0.3, -0.25) is 14.9 Å². The second kappa shape index (κ2) is 6.14. The number of nitrogens with two attached hydrogens (primary N) is 1. The van der Waals surface area contributed by atoms with Crippen molar-refractivity contribution in [1.29, 1.82) is 0 Å². The molecule has 0 atom stereocenters. The number of rotatable bonds is 2. The van der Waals surface area contributed by atoms with E-state index in [9.17, 15) is 9.59 Å². The van der Waals surface area contributed by atoms with Crippen LogP contribution in [-0.4, -0.2) is 22.0 Å². The Morgan fingerprint density at radius 2 is 2.40 bits per heavy atom. The average Bonchev–Trinajstić information content (AvgIpc) is 2.87. The van der Waals surface area contributed by atoms with Crippen LogP contribution in [0.25, 0.3) is 0 Å². The first-order valence-electron chi connectivity index (χ1n) is 5.73. The minimum Gasteiger partial charge on any atom is -0.320 e. The Morgan fingerprint density at radius 1 is 1.60 bits per heavy atom. The molecule has 0 spiro atoms. The maximum atomic E-state index is 12.0. The number of hydrogen-bond donors (Lipinski definition) is 2. The second-order valence-electron chi connectivity index (χ2n) is 3.85. The molecule has 0 radical (unpaired) electrons. The Labute approximate surface area is 119 Å². The van der Waals surface area contributed by atoms with E-state index in [1.165, 1.54) is 28.2 Å². The van der Waals surface area contributed by atoms with E-state index in [1.54, 1.807) is 19.3 Å². The molecular formula is C13H12N4O2S. The van der Waals surface area contributed by atoms with E-state index in [0.29, 0.717) is 5.13 Å². The number of aromatic nitrogens is 2. The lowest BCUT2D eigenvalue weighted by Gasteiger charge is -2.02. The predicted molar refractivity (Wildman–Crippen MR) is 77.7 cm³/mol. The Kier molecular flexibility index (Phi) is 4.30. The number of carbonyl (C=O) groups excluding carboxylic acids is 1. The summed E-state index contributed by atoms with van der Waals surface area (Å²) in [4.78, 5) is 28.2. The Balaban J connectivity index is 2.13. The van der Waals surface area contributed by atoms with Crippen molar-refractivity contribution in [3.63, 3.8) is 0 Å². The molecule has 0 unspecified atom stereocenters. The summed E-state index contributed by atoms with van der Waals surface area (Å²) in [7, 11) is 1.62. The van der Waals surface area contributed by atoms with Crippen molar-refractivity contribution in [2.45, 2.75) is 0 Å². The van der Waals surface area contributed by atoms with Crippen LogP contribution in [0.4, 0.5) is 5.13 Å². The van der Waals surface area contributed by atoms with Crippen LogP contribution >= 0.6 is 11.3 Å². The average molecular weight is 288 g/mol. The summed E-state index contributed by atoms with van der Waals surface area (Å²) in [6.45, 7) is 0.271. The zero-order valence-corrected chi connectivity index (χ0v) is 11.5. The van der Waals surface area contributed by atoms with Crippen LogP contribution in [0.3, 0.4) is 0 Å². The van der Waals surface area contributed by atoms with E-state index in [-0.39, 0.29) is 23.6 Å². The van der Waals surface area contributed by atoms with E-state index in [4.69, 9.17) is 5.73 Å². The molecule has 3 N–H and O–H groups in total. The molecule has 0 saturated heterocycles. The highest BCUT2D eigenvalue weighted by atomic mass is 32.1. The van der Waals surface area contributed by atoms with Crippen molar-refractivity contribution < 1.29 is 4.79 Å². The summed E-state index contributed by atoms with van der Waals surface area (Å²) in [6, 6.07) is 2.84.